The Morgan fingerprint density at radius 3 is 2.07 bits per heavy atom. The number of benzene rings is 2. The highest BCUT2D eigenvalue weighted by atomic mass is 16.7. The molecular formula is C40H51NO15. The molecule has 16 nitrogen and oxygen atoms in total. The zero-order valence-corrected chi connectivity index (χ0v) is 32.2. The summed E-state index contributed by atoms with van der Waals surface area (Å²) in [6.07, 6.45) is -8.83. The number of Topliss-reactive ketones (excluding diaryl/α,β-unsaturated/α-hetero) is 1. The van der Waals surface area contributed by atoms with Crippen LogP contribution in [0.1, 0.15) is 121 Å². The van der Waals surface area contributed by atoms with Crippen LogP contribution in [-0.2, 0) is 33.2 Å². The van der Waals surface area contributed by atoms with Gasteiger partial charge < -0.3 is 64.0 Å². The van der Waals surface area contributed by atoms with Gasteiger partial charge in [0.05, 0.1) is 46.7 Å². The number of phenols is 3. The number of phenolic OH excluding ortho intramolecular Hbond substituents is 3. The lowest BCUT2D eigenvalue weighted by molar-refractivity contribution is -0.325. The van der Waals surface area contributed by atoms with Gasteiger partial charge in [-0.05, 0) is 47.4 Å². The number of fused-ring (bicyclic) bond motifs is 3. The summed E-state index contributed by atoms with van der Waals surface area (Å²) in [6.45, 7) is 6.85. The normalized spacial score (nSPS) is 37.3. The van der Waals surface area contributed by atoms with Crippen LogP contribution in [0.5, 0.6) is 17.2 Å². The third-order valence-corrected chi connectivity index (χ3v) is 12.1. The van der Waals surface area contributed by atoms with Gasteiger partial charge in [-0.1, -0.05) is 19.1 Å². The second-order valence-corrected chi connectivity index (χ2v) is 15.8. The molecule has 13 atom stereocenters. The van der Waals surface area contributed by atoms with Crippen LogP contribution >= 0.6 is 0 Å². The van der Waals surface area contributed by atoms with Crippen LogP contribution in [0.4, 0.5) is 0 Å². The molecule has 16 heteroatoms. The number of ketones is 3. The Morgan fingerprint density at radius 1 is 0.804 bits per heavy atom. The molecule has 0 unspecified atom stereocenters. The highest BCUT2D eigenvalue weighted by Crippen LogP contribution is 2.56. The minimum Gasteiger partial charge on any atom is -0.507 e. The van der Waals surface area contributed by atoms with Gasteiger partial charge in [0.1, 0.15) is 41.7 Å². The van der Waals surface area contributed by atoms with Crippen LogP contribution in [0.3, 0.4) is 0 Å². The maximum Gasteiger partial charge on any atom is 0.202 e. The summed E-state index contributed by atoms with van der Waals surface area (Å²) >= 11 is 0. The summed E-state index contributed by atoms with van der Waals surface area (Å²) in [4.78, 5) is 41.3. The molecule has 0 bridgehead atoms. The van der Waals surface area contributed by atoms with Crippen molar-refractivity contribution in [2.45, 2.75) is 146 Å². The molecule has 306 valence electrons. The zero-order valence-electron chi connectivity index (χ0n) is 32.2. The Hall–Kier alpha value is -3.55. The van der Waals surface area contributed by atoms with Gasteiger partial charge in [0.25, 0.3) is 0 Å². The van der Waals surface area contributed by atoms with Crippen LogP contribution in [0, 0.1) is 0 Å². The van der Waals surface area contributed by atoms with E-state index < -0.39 is 113 Å². The average molecular weight is 786 g/mol. The summed E-state index contributed by atoms with van der Waals surface area (Å²) < 4.78 is 37.2. The van der Waals surface area contributed by atoms with Crippen LogP contribution in [0.15, 0.2) is 18.2 Å². The third kappa shape index (κ3) is 6.93. The first-order valence-electron chi connectivity index (χ1n) is 19.2. The molecule has 5 aliphatic rings. The van der Waals surface area contributed by atoms with Gasteiger partial charge in [0.15, 0.2) is 30.4 Å². The minimum absolute atomic E-state index is 0.00193. The summed E-state index contributed by atoms with van der Waals surface area (Å²) in [5, 5.41) is 68.2. The van der Waals surface area contributed by atoms with E-state index in [9.17, 15) is 45.0 Å². The van der Waals surface area contributed by atoms with Crippen molar-refractivity contribution in [1.29, 1.82) is 0 Å². The Labute approximate surface area is 323 Å². The number of aliphatic hydroxyl groups excluding tert-OH is 2. The Kier molecular flexibility index (Phi) is 11.1. The van der Waals surface area contributed by atoms with Crippen molar-refractivity contribution in [2.24, 2.45) is 0 Å². The summed E-state index contributed by atoms with van der Waals surface area (Å²) in [5.41, 5.74) is -4.02. The second kappa shape index (κ2) is 15.3. The first-order valence-corrected chi connectivity index (χ1v) is 19.2. The molecule has 3 saturated heterocycles. The van der Waals surface area contributed by atoms with Crippen molar-refractivity contribution in [2.75, 3.05) is 14.1 Å². The Balaban J connectivity index is 1.12. The number of rotatable bonds is 8. The van der Waals surface area contributed by atoms with Gasteiger partial charge in [-0.25, -0.2) is 0 Å². The van der Waals surface area contributed by atoms with E-state index in [1.807, 2.05) is 19.0 Å². The van der Waals surface area contributed by atoms with Gasteiger partial charge in [-0.3, -0.25) is 14.4 Å². The molecule has 3 aliphatic heterocycles. The zero-order chi connectivity index (χ0) is 40.5. The number of nitrogens with zero attached hydrogens (tertiary/aromatic N) is 1. The van der Waals surface area contributed by atoms with Gasteiger partial charge in [-0.15, -0.1) is 0 Å². The number of carbonyl (C=O) groups excluding carboxylic acids is 3. The molecule has 0 radical (unpaired) electrons. The Bertz CT molecular complexity index is 1870. The summed E-state index contributed by atoms with van der Waals surface area (Å²) in [5.74, 6) is -3.73. The minimum atomic E-state index is -1.88. The first kappa shape index (κ1) is 40.6. The van der Waals surface area contributed by atoms with Crippen LogP contribution in [0.2, 0.25) is 0 Å². The van der Waals surface area contributed by atoms with E-state index in [0.717, 1.165) is 0 Å². The number of aromatic hydroxyl groups is 3. The SMILES string of the molecule is CC[C@@]1(O)C[C@H](O[C@H]2C[C@H](N(C)C)[C@H](O[C@H]3C[C@H](O)[C@H](O[C@H]4CCC(=O)[C@H](C)O4)[C@H](C)O3)[C@H](C)O2)c2c(O)c3c(c(O)c2[C@H]1O)C(=O)c1cccc(O)c1C3=O. The number of hydrogen-bond acceptors (Lipinski definition) is 16. The van der Waals surface area contributed by atoms with Crippen molar-refractivity contribution in [3.05, 3.63) is 51.6 Å². The lowest BCUT2D eigenvalue weighted by Gasteiger charge is -2.48. The lowest BCUT2D eigenvalue weighted by Crippen LogP contribution is -2.58. The number of likely N-dealkylation sites (N-methyl/N-ethyl adjacent to an activating group) is 1. The molecule has 6 N–H and O–H groups in total. The van der Waals surface area contributed by atoms with Crippen molar-refractivity contribution in [3.8, 4) is 17.2 Å². The van der Waals surface area contributed by atoms with E-state index in [2.05, 4.69) is 0 Å². The van der Waals surface area contributed by atoms with Crippen LogP contribution in [-0.4, -0.2) is 134 Å². The molecule has 7 rings (SSSR count). The average Bonchev–Trinajstić information content (AvgIpc) is 3.14. The van der Waals surface area contributed by atoms with Gasteiger partial charge in [0.2, 0.25) is 5.78 Å². The summed E-state index contributed by atoms with van der Waals surface area (Å²) in [6, 6.07) is 3.55. The topological polar surface area (TPSA) is 231 Å². The molecule has 0 saturated carbocycles. The van der Waals surface area contributed by atoms with Crippen LogP contribution < -0.4 is 0 Å². The maximum absolute atomic E-state index is 13.8. The first-order chi connectivity index (χ1) is 26.4. The number of ether oxygens (including phenoxy) is 6. The monoisotopic (exact) mass is 785 g/mol. The molecule has 2 aliphatic carbocycles. The van der Waals surface area contributed by atoms with Gasteiger partial charge >= 0.3 is 0 Å². The van der Waals surface area contributed by atoms with E-state index in [0.29, 0.717) is 12.8 Å². The van der Waals surface area contributed by atoms with Crippen LogP contribution in [0.25, 0.3) is 0 Å². The van der Waals surface area contributed by atoms with Crippen molar-refractivity contribution in [1.82, 2.24) is 4.90 Å². The number of carbonyl (C=O) groups is 3. The predicted octanol–water partition coefficient (Wildman–Crippen LogP) is 2.64. The smallest absolute Gasteiger partial charge is 0.202 e. The standard InChI is InChI=1S/C40H51NO15/c1-7-40(50)15-24(29-32(39(40)49)36(48)30-31(35(29)47)34(46)28-19(33(30)45)9-8-10-22(28)43)54-26-13-20(41(5)6)37(17(3)52-26)56-27-14-23(44)38(18(4)53-27)55-25-12-11-21(42)16(2)51-25/h8-10,16-18,20,23-27,37-39,43-44,47-50H,7,11-15H2,1-6H3/t16-,17-,18-,20-,23-,24-,25-,26-,27-,37+,38+,39+,40+/m0/s1. The van der Waals surface area contributed by atoms with E-state index in [1.54, 1.807) is 27.7 Å². The van der Waals surface area contributed by atoms with Crippen molar-refractivity contribution in [3.63, 3.8) is 0 Å². The van der Waals surface area contributed by atoms with Crippen molar-refractivity contribution < 1.29 is 73.4 Å². The largest absolute Gasteiger partial charge is 0.507 e. The fourth-order valence-electron chi connectivity index (χ4n) is 8.88. The molecule has 0 aromatic heterocycles. The quantitative estimate of drug-likeness (QED) is 0.180. The Morgan fingerprint density at radius 2 is 1.43 bits per heavy atom. The second-order valence-electron chi connectivity index (χ2n) is 15.8. The lowest BCUT2D eigenvalue weighted by atomic mass is 9.70. The molecule has 3 fully saturated rings. The van der Waals surface area contributed by atoms with E-state index in [4.69, 9.17) is 28.4 Å². The van der Waals surface area contributed by atoms with Crippen molar-refractivity contribution >= 4 is 17.3 Å². The number of aliphatic hydroxyl groups is 3. The molecule has 56 heavy (non-hydrogen) atoms. The summed E-state index contributed by atoms with van der Waals surface area (Å²) in [7, 11) is 3.70. The number of hydrogen-bond donors (Lipinski definition) is 6. The van der Waals surface area contributed by atoms with Gasteiger partial charge in [0, 0.05) is 54.8 Å². The molecule has 2 aromatic carbocycles. The van der Waals surface area contributed by atoms with E-state index in [1.165, 1.54) is 18.2 Å². The third-order valence-electron chi connectivity index (χ3n) is 12.1. The predicted molar refractivity (Wildman–Crippen MR) is 193 cm³/mol. The highest BCUT2D eigenvalue weighted by Gasteiger charge is 2.52. The van der Waals surface area contributed by atoms with E-state index in [-0.39, 0.29) is 59.8 Å². The molecule has 0 spiro atoms. The fraction of sp³-hybridized carbons (Fsp3) is 0.625. The molecule has 3 heterocycles. The van der Waals surface area contributed by atoms with Gasteiger partial charge in [-0.2, -0.15) is 0 Å². The maximum atomic E-state index is 13.8. The van der Waals surface area contributed by atoms with E-state index >= 15 is 0 Å². The molecule has 2 aromatic rings. The fourth-order valence-corrected chi connectivity index (χ4v) is 8.88. The molecule has 0 amide bonds. The highest BCUT2D eigenvalue weighted by molar-refractivity contribution is 6.31. The molecular weight excluding hydrogens is 734 g/mol.